The van der Waals surface area contributed by atoms with Gasteiger partial charge in [-0.3, -0.25) is 4.79 Å². The fourth-order valence-electron chi connectivity index (χ4n) is 5.88. The van der Waals surface area contributed by atoms with Gasteiger partial charge in [0, 0.05) is 67.8 Å². The lowest BCUT2D eigenvalue weighted by atomic mass is 10.0. The molecule has 2 aliphatic heterocycles. The number of anilines is 5. The van der Waals surface area contributed by atoms with Crippen LogP contribution in [0.5, 0.6) is 5.75 Å². The van der Waals surface area contributed by atoms with Crippen molar-refractivity contribution in [3.63, 3.8) is 0 Å². The van der Waals surface area contributed by atoms with Gasteiger partial charge in [-0.1, -0.05) is 42.5 Å². The maximum Gasteiger partial charge on any atom is 0.259 e. The Bertz CT molecular complexity index is 1570. The van der Waals surface area contributed by atoms with Gasteiger partial charge in [-0.15, -0.1) is 0 Å². The molecule has 1 amide bonds. The minimum Gasteiger partial charge on any atom is -0.507 e. The van der Waals surface area contributed by atoms with Gasteiger partial charge < -0.3 is 48.5 Å². The number of nitrogens with zero attached hydrogens (tertiary/aromatic N) is 5. The number of benzene rings is 3. The van der Waals surface area contributed by atoms with Gasteiger partial charge >= 0.3 is 0 Å². The van der Waals surface area contributed by atoms with Crippen LogP contribution in [0.25, 0.3) is 11.1 Å². The number of nitrogens with two attached hydrogens (primary N) is 4. The lowest BCUT2D eigenvalue weighted by Crippen LogP contribution is -2.54. The van der Waals surface area contributed by atoms with Crippen LogP contribution >= 0.6 is 0 Å². The number of rotatable bonds is 7. The summed E-state index contributed by atoms with van der Waals surface area (Å²) in [6.07, 6.45) is 1.43. The molecule has 3 aromatic carbocycles. The first-order valence-corrected chi connectivity index (χ1v) is 15.1. The zero-order valence-electron chi connectivity index (χ0n) is 24.9. The summed E-state index contributed by atoms with van der Waals surface area (Å²) < 4.78 is 0. The van der Waals surface area contributed by atoms with E-state index in [1.54, 1.807) is 12.1 Å². The van der Waals surface area contributed by atoms with Crippen molar-refractivity contribution in [3.8, 4) is 16.9 Å². The van der Waals surface area contributed by atoms with Gasteiger partial charge in [-0.05, 0) is 48.2 Å². The molecule has 2 aliphatic rings. The summed E-state index contributed by atoms with van der Waals surface area (Å²) >= 11 is 0. The van der Waals surface area contributed by atoms with E-state index < -0.39 is 5.91 Å². The van der Waals surface area contributed by atoms with Crippen molar-refractivity contribution in [1.29, 1.82) is 0 Å². The second kappa shape index (κ2) is 13.0. The molecule has 13 nitrogen and oxygen atoms in total. The molecule has 1 aromatic heterocycles. The molecule has 4 atom stereocenters. The molecule has 0 aliphatic carbocycles. The standard InChI is InChI=1S/C32H39N11O2/c33-21-12-22(34)16-42(15-21)31-39-30(40-32(41-31)43-17-23(35)13-24(36)18-43)38-26-10-11-27(28(44)14-26)29(45)37-25-8-6-20(7-9-25)19-4-2-1-3-5-19/h1-11,14,21-24,44H,12-13,15-18,33-36H2,(H,37,45)(H,38,39,40,41). The van der Waals surface area contributed by atoms with Gasteiger partial charge in [0.15, 0.2) is 0 Å². The minimum atomic E-state index is -0.438. The highest BCUT2D eigenvalue weighted by Gasteiger charge is 2.29. The summed E-state index contributed by atoms with van der Waals surface area (Å²) in [5.74, 6) is 0.477. The van der Waals surface area contributed by atoms with Crippen LogP contribution in [-0.4, -0.2) is 76.3 Å². The molecule has 3 heterocycles. The highest BCUT2D eigenvalue weighted by atomic mass is 16.3. The Morgan fingerprint density at radius 3 is 1.73 bits per heavy atom. The number of nitrogens with one attached hydrogen (secondary N) is 2. The molecular formula is C32H39N11O2. The van der Waals surface area contributed by atoms with Crippen LogP contribution < -0.4 is 43.4 Å². The molecule has 0 saturated carbocycles. The van der Waals surface area contributed by atoms with Crippen molar-refractivity contribution < 1.29 is 9.90 Å². The number of piperidine rings is 2. The van der Waals surface area contributed by atoms with Gasteiger partial charge in [0.25, 0.3) is 5.91 Å². The normalized spacial score (nSPS) is 21.8. The predicted molar refractivity (Wildman–Crippen MR) is 177 cm³/mol. The second-order valence-electron chi connectivity index (χ2n) is 11.8. The predicted octanol–water partition coefficient (Wildman–Crippen LogP) is 1.97. The summed E-state index contributed by atoms with van der Waals surface area (Å²) in [6.45, 7) is 2.20. The molecule has 2 fully saturated rings. The molecule has 13 heteroatoms. The van der Waals surface area contributed by atoms with Crippen LogP contribution in [0.3, 0.4) is 0 Å². The number of carbonyl (C=O) groups excluding carboxylic acids is 1. The fraction of sp³-hybridized carbons (Fsp3) is 0.312. The number of carbonyl (C=O) groups is 1. The van der Waals surface area contributed by atoms with Crippen molar-refractivity contribution in [2.24, 2.45) is 22.9 Å². The smallest absolute Gasteiger partial charge is 0.259 e. The van der Waals surface area contributed by atoms with Crippen LogP contribution in [0.1, 0.15) is 23.2 Å². The molecule has 11 N–H and O–H groups in total. The number of hydrogen-bond donors (Lipinski definition) is 7. The molecule has 45 heavy (non-hydrogen) atoms. The molecule has 2 saturated heterocycles. The van der Waals surface area contributed by atoms with Crippen molar-refractivity contribution in [3.05, 3.63) is 78.4 Å². The highest BCUT2D eigenvalue weighted by Crippen LogP contribution is 2.28. The van der Waals surface area contributed by atoms with Gasteiger partial charge in [-0.2, -0.15) is 15.0 Å². The van der Waals surface area contributed by atoms with Crippen molar-refractivity contribution in [1.82, 2.24) is 15.0 Å². The highest BCUT2D eigenvalue weighted by molar-refractivity contribution is 6.06. The first-order chi connectivity index (χ1) is 21.7. The first-order valence-electron chi connectivity index (χ1n) is 15.1. The number of amides is 1. The summed E-state index contributed by atoms with van der Waals surface area (Å²) in [5.41, 5.74) is 28.4. The number of phenolic OH excluding ortho intramolecular Hbond substituents is 1. The first kappa shape index (κ1) is 30.2. The molecule has 234 valence electrons. The van der Waals surface area contributed by atoms with E-state index in [1.807, 2.05) is 64.4 Å². The SMILES string of the molecule is NC1CC(N)CN(c2nc(Nc3ccc(C(=O)Nc4ccc(-c5ccccc5)cc4)c(O)c3)nc(N3CC(N)CC(N)C3)n2)C1. The average Bonchev–Trinajstić information content (AvgIpc) is 3.01. The Morgan fingerprint density at radius 1 is 0.689 bits per heavy atom. The summed E-state index contributed by atoms with van der Waals surface area (Å²) in [5, 5.41) is 16.8. The number of hydrogen-bond acceptors (Lipinski definition) is 12. The number of aromatic nitrogens is 3. The topological polar surface area (TPSA) is 211 Å². The van der Waals surface area contributed by atoms with E-state index in [0.717, 1.165) is 11.1 Å². The minimum absolute atomic E-state index is 0.111. The third-order valence-electron chi connectivity index (χ3n) is 7.96. The van der Waals surface area contributed by atoms with Crippen LogP contribution in [0.2, 0.25) is 0 Å². The van der Waals surface area contributed by atoms with Crippen LogP contribution in [0.4, 0.5) is 29.2 Å². The maximum absolute atomic E-state index is 13.0. The van der Waals surface area contributed by atoms with E-state index in [4.69, 9.17) is 27.9 Å². The molecule has 4 unspecified atom stereocenters. The Kier molecular flexibility index (Phi) is 8.76. The van der Waals surface area contributed by atoms with E-state index in [2.05, 4.69) is 20.6 Å². The third-order valence-corrected chi connectivity index (χ3v) is 7.96. The van der Waals surface area contributed by atoms with Crippen LogP contribution in [0.15, 0.2) is 72.8 Å². The van der Waals surface area contributed by atoms with Gasteiger partial charge in [0.05, 0.1) is 5.56 Å². The number of phenols is 1. The van der Waals surface area contributed by atoms with E-state index in [0.29, 0.717) is 62.3 Å². The Morgan fingerprint density at radius 2 is 1.20 bits per heavy atom. The average molecular weight is 610 g/mol. The fourth-order valence-corrected chi connectivity index (χ4v) is 5.88. The van der Waals surface area contributed by atoms with Crippen molar-refractivity contribution >= 4 is 35.1 Å². The third kappa shape index (κ3) is 7.29. The van der Waals surface area contributed by atoms with Gasteiger partial charge in [0.1, 0.15) is 5.75 Å². The zero-order valence-corrected chi connectivity index (χ0v) is 24.9. The number of aromatic hydroxyl groups is 1. The molecule has 0 bridgehead atoms. The van der Waals surface area contributed by atoms with Crippen LogP contribution in [-0.2, 0) is 0 Å². The molecule has 6 rings (SSSR count). The summed E-state index contributed by atoms with van der Waals surface area (Å²) in [4.78, 5) is 31.0. The van der Waals surface area contributed by atoms with Gasteiger partial charge in [-0.25, -0.2) is 0 Å². The van der Waals surface area contributed by atoms with Crippen molar-refractivity contribution in [2.75, 3.05) is 46.6 Å². The summed E-state index contributed by atoms with van der Waals surface area (Å²) in [7, 11) is 0. The second-order valence-corrected chi connectivity index (χ2v) is 11.8. The quantitative estimate of drug-likeness (QED) is 0.160. The van der Waals surface area contributed by atoms with Crippen molar-refractivity contribution in [2.45, 2.75) is 37.0 Å². The largest absolute Gasteiger partial charge is 0.507 e. The van der Waals surface area contributed by atoms with E-state index in [-0.39, 0.29) is 41.4 Å². The zero-order chi connectivity index (χ0) is 31.5. The van der Waals surface area contributed by atoms with E-state index >= 15 is 0 Å². The Balaban J connectivity index is 1.20. The molecule has 0 radical (unpaired) electrons. The van der Waals surface area contributed by atoms with E-state index in [1.165, 1.54) is 6.07 Å². The molecule has 4 aromatic rings. The summed E-state index contributed by atoms with van der Waals surface area (Å²) in [6, 6.07) is 21.7. The Labute approximate surface area is 261 Å². The molecule has 0 spiro atoms. The molecular weight excluding hydrogens is 570 g/mol. The van der Waals surface area contributed by atoms with Gasteiger partial charge in [0.2, 0.25) is 17.8 Å². The monoisotopic (exact) mass is 609 g/mol. The lowest BCUT2D eigenvalue weighted by Gasteiger charge is -2.37. The van der Waals surface area contributed by atoms with Crippen LogP contribution in [0, 0.1) is 0 Å². The lowest BCUT2D eigenvalue weighted by molar-refractivity contribution is 0.102. The van der Waals surface area contributed by atoms with E-state index in [9.17, 15) is 9.90 Å². The Hall–Kier alpha value is -4.82. The maximum atomic E-state index is 13.0.